The number of hydrogen-bond acceptors (Lipinski definition) is 7. The summed E-state index contributed by atoms with van der Waals surface area (Å²) in [5.41, 5.74) is 0.529. The number of amides is 1. The average Bonchev–Trinajstić information content (AvgIpc) is 3.23. The summed E-state index contributed by atoms with van der Waals surface area (Å²) in [6.07, 6.45) is 3.16. The Morgan fingerprint density at radius 1 is 1.19 bits per heavy atom. The molecular weight excluding hydrogens is 480 g/mol. The lowest BCUT2D eigenvalue weighted by atomic mass is 9.92. The van der Waals surface area contributed by atoms with Gasteiger partial charge in [-0.1, -0.05) is 26.8 Å². The number of nitrogens with zero attached hydrogens (tertiary/aromatic N) is 2. The van der Waals surface area contributed by atoms with Crippen LogP contribution in [0.5, 0.6) is 11.6 Å². The highest BCUT2D eigenvalue weighted by Gasteiger charge is 2.42. The predicted octanol–water partition coefficient (Wildman–Crippen LogP) is 5.63. The van der Waals surface area contributed by atoms with Crippen LogP contribution < -0.4 is 9.47 Å². The molecule has 200 valence electrons. The summed E-state index contributed by atoms with van der Waals surface area (Å²) in [5.74, 6) is -0.240. The third kappa shape index (κ3) is 5.98. The lowest BCUT2D eigenvalue weighted by molar-refractivity contribution is -0.169. The van der Waals surface area contributed by atoms with Gasteiger partial charge in [0, 0.05) is 32.0 Å². The molecule has 1 aliphatic heterocycles. The first kappa shape index (κ1) is 26.8. The highest BCUT2D eigenvalue weighted by molar-refractivity contribution is 6.74. The minimum Gasteiger partial charge on any atom is -0.475 e. The molecule has 1 amide bonds. The topological polar surface area (TPSA) is 114 Å². The van der Waals surface area contributed by atoms with Gasteiger partial charge >= 0.3 is 6.09 Å². The zero-order valence-electron chi connectivity index (χ0n) is 22.1. The summed E-state index contributed by atoms with van der Waals surface area (Å²) in [7, 11) is -1.87. The normalized spacial score (nSPS) is 24.2. The maximum atomic E-state index is 11.3. The van der Waals surface area contributed by atoms with Gasteiger partial charge in [-0.05, 0) is 67.0 Å². The van der Waals surface area contributed by atoms with Gasteiger partial charge in [0.2, 0.25) is 5.79 Å². The summed E-state index contributed by atoms with van der Waals surface area (Å²) in [4.78, 5) is 12.6. The first-order chi connectivity index (χ1) is 16.9. The molecule has 10 heteroatoms. The van der Waals surface area contributed by atoms with Gasteiger partial charge < -0.3 is 33.5 Å². The number of carboxylic acid groups (broad SMARTS) is 1. The molecule has 1 saturated carbocycles. The van der Waals surface area contributed by atoms with Crippen LogP contribution in [0.15, 0.2) is 22.7 Å². The second-order valence-electron chi connectivity index (χ2n) is 11.8. The van der Waals surface area contributed by atoms with Crippen molar-refractivity contribution in [3.8, 4) is 11.6 Å². The van der Waals surface area contributed by atoms with Crippen molar-refractivity contribution in [2.24, 2.45) is 5.92 Å². The molecule has 36 heavy (non-hydrogen) atoms. The standard InChI is InChI=1S/C26H40N2O7Si/c1-25(2,3)36(4,5)35-19-9-13-26(31,14-10-19)33-20-7-6-8-21-22(20)23(27-34-21)32-17-18-11-15-28(16-12-18)24(29)30/h6-8,18-19,31H,9-17H2,1-5H3,(H,29,30). The molecule has 1 saturated heterocycles. The summed E-state index contributed by atoms with van der Waals surface area (Å²) >= 11 is 0. The van der Waals surface area contributed by atoms with Gasteiger partial charge in [-0.2, -0.15) is 0 Å². The number of piperidine rings is 1. The maximum absolute atomic E-state index is 11.3. The van der Waals surface area contributed by atoms with E-state index in [9.17, 15) is 9.90 Å². The van der Waals surface area contributed by atoms with E-state index in [1.807, 2.05) is 6.07 Å². The molecule has 0 bridgehead atoms. The van der Waals surface area contributed by atoms with Crippen LogP contribution in [-0.2, 0) is 4.43 Å². The highest BCUT2D eigenvalue weighted by Crippen LogP contribution is 2.42. The van der Waals surface area contributed by atoms with E-state index in [2.05, 4.69) is 39.0 Å². The SMILES string of the molecule is CC(C)(C)[Si](C)(C)OC1CCC(O)(Oc2cccc3onc(OCC4CCN(C(=O)O)CC4)c23)CC1. The third-order valence-corrected chi connectivity index (χ3v) is 12.6. The Morgan fingerprint density at radius 2 is 1.86 bits per heavy atom. The molecule has 0 radical (unpaired) electrons. The summed E-state index contributed by atoms with van der Waals surface area (Å²) < 4.78 is 24.2. The van der Waals surface area contributed by atoms with E-state index < -0.39 is 20.2 Å². The molecule has 2 heterocycles. The van der Waals surface area contributed by atoms with E-state index in [4.69, 9.17) is 23.5 Å². The monoisotopic (exact) mass is 520 g/mol. The molecule has 1 aliphatic carbocycles. The first-order valence-electron chi connectivity index (χ1n) is 13.0. The minimum absolute atomic E-state index is 0.132. The Morgan fingerprint density at radius 3 is 2.47 bits per heavy atom. The number of benzene rings is 1. The van der Waals surface area contributed by atoms with Crippen molar-refractivity contribution in [1.29, 1.82) is 0 Å². The van der Waals surface area contributed by atoms with Crippen LogP contribution in [0.25, 0.3) is 11.0 Å². The summed E-state index contributed by atoms with van der Waals surface area (Å²) in [5, 5.41) is 25.3. The fourth-order valence-corrected chi connectivity index (χ4v) is 6.09. The van der Waals surface area contributed by atoms with E-state index in [1.165, 1.54) is 4.90 Å². The summed E-state index contributed by atoms with van der Waals surface area (Å²) in [6.45, 7) is 12.6. The second kappa shape index (κ2) is 10.2. The number of likely N-dealkylation sites (tertiary alicyclic amines) is 1. The van der Waals surface area contributed by atoms with Crippen molar-refractivity contribution >= 4 is 25.4 Å². The Hall–Kier alpha value is -2.30. The number of fused-ring (bicyclic) bond motifs is 1. The Bertz CT molecular complexity index is 1050. The van der Waals surface area contributed by atoms with Gasteiger partial charge in [0.05, 0.1) is 6.61 Å². The lowest BCUT2D eigenvalue weighted by Gasteiger charge is -2.43. The Balaban J connectivity index is 1.39. The lowest BCUT2D eigenvalue weighted by Crippen LogP contribution is -2.48. The molecule has 1 aromatic carbocycles. The van der Waals surface area contributed by atoms with Gasteiger partial charge in [0.15, 0.2) is 13.9 Å². The van der Waals surface area contributed by atoms with Crippen LogP contribution in [0.2, 0.25) is 18.1 Å². The zero-order chi connectivity index (χ0) is 26.1. The highest BCUT2D eigenvalue weighted by atomic mass is 28.4. The Labute approximate surface area is 213 Å². The van der Waals surface area contributed by atoms with Gasteiger partial charge in [-0.3, -0.25) is 0 Å². The van der Waals surface area contributed by atoms with Crippen molar-refractivity contribution in [1.82, 2.24) is 10.1 Å². The molecule has 2 aliphatic rings. The van der Waals surface area contributed by atoms with Crippen LogP contribution in [0.3, 0.4) is 0 Å². The number of aliphatic hydroxyl groups is 1. The minimum atomic E-state index is -1.87. The number of carbonyl (C=O) groups is 1. The molecule has 2 fully saturated rings. The third-order valence-electron chi connectivity index (χ3n) is 8.05. The molecule has 0 atom stereocenters. The fourth-order valence-electron chi connectivity index (χ4n) is 4.67. The van der Waals surface area contributed by atoms with E-state index in [1.54, 1.807) is 12.1 Å². The zero-order valence-corrected chi connectivity index (χ0v) is 23.1. The van der Waals surface area contributed by atoms with Crippen molar-refractivity contribution in [3.63, 3.8) is 0 Å². The van der Waals surface area contributed by atoms with E-state index in [0.29, 0.717) is 55.1 Å². The first-order valence-corrected chi connectivity index (χ1v) is 15.9. The van der Waals surface area contributed by atoms with Crippen LogP contribution in [0.1, 0.15) is 59.3 Å². The van der Waals surface area contributed by atoms with E-state index in [0.717, 1.165) is 25.7 Å². The quantitative estimate of drug-likeness (QED) is 0.357. The molecule has 9 nitrogen and oxygen atoms in total. The van der Waals surface area contributed by atoms with Crippen molar-refractivity contribution < 1.29 is 33.4 Å². The smallest absolute Gasteiger partial charge is 0.407 e. The van der Waals surface area contributed by atoms with Crippen molar-refractivity contribution in [3.05, 3.63) is 18.2 Å². The van der Waals surface area contributed by atoms with E-state index >= 15 is 0 Å². The molecule has 4 rings (SSSR count). The second-order valence-corrected chi connectivity index (χ2v) is 16.5. The molecular formula is C26H40N2O7Si. The van der Waals surface area contributed by atoms with Gasteiger partial charge in [0.1, 0.15) is 11.1 Å². The van der Waals surface area contributed by atoms with Gasteiger partial charge in [0.25, 0.3) is 5.88 Å². The van der Waals surface area contributed by atoms with Crippen LogP contribution in [-0.4, -0.2) is 66.3 Å². The Kier molecular flexibility index (Phi) is 7.59. The van der Waals surface area contributed by atoms with Crippen LogP contribution >= 0.6 is 0 Å². The molecule has 0 unspecified atom stereocenters. The molecule has 2 N–H and O–H groups in total. The average molecular weight is 521 g/mol. The molecule has 1 aromatic heterocycles. The van der Waals surface area contributed by atoms with Gasteiger partial charge in [-0.25, -0.2) is 4.79 Å². The largest absolute Gasteiger partial charge is 0.475 e. The van der Waals surface area contributed by atoms with Crippen molar-refractivity contribution in [2.75, 3.05) is 19.7 Å². The summed E-state index contributed by atoms with van der Waals surface area (Å²) in [6, 6.07) is 5.40. The number of aromatic nitrogens is 1. The fraction of sp³-hybridized carbons (Fsp3) is 0.692. The van der Waals surface area contributed by atoms with Gasteiger partial charge in [-0.15, -0.1) is 0 Å². The maximum Gasteiger partial charge on any atom is 0.407 e. The van der Waals surface area contributed by atoms with Crippen LogP contribution in [0.4, 0.5) is 4.79 Å². The van der Waals surface area contributed by atoms with Crippen molar-refractivity contribution in [2.45, 2.75) is 89.3 Å². The molecule has 0 spiro atoms. The number of rotatable bonds is 7. The number of ether oxygens (including phenoxy) is 2. The predicted molar refractivity (Wildman–Crippen MR) is 138 cm³/mol. The number of hydrogen-bond donors (Lipinski definition) is 2. The van der Waals surface area contributed by atoms with E-state index in [-0.39, 0.29) is 17.1 Å². The van der Waals surface area contributed by atoms with Crippen LogP contribution in [0, 0.1) is 5.92 Å². The molecule has 2 aromatic rings.